The maximum Gasteiger partial charge on any atom is 0.294 e. The third-order valence-corrected chi connectivity index (χ3v) is 5.88. The average Bonchev–Trinajstić information content (AvgIpc) is 3.23. The highest BCUT2D eigenvalue weighted by atomic mass is 32.2. The average molecular weight is 427 g/mol. The molecule has 0 aliphatic heterocycles. The summed E-state index contributed by atoms with van der Waals surface area (Å²) in [6.07, 6.45) is 4.11. The molecule has 0 unspecified atom stereocenters. The van der Waals surface area contributed by atoms with E-state index in [1.807, 2.05) is 60.7 Å². The van der Waals surface area contributed by atoms with Gasteiger partial charge in [-0.25, -0.2) is 0 Å². The molecule has 1 N–H and O–H groups in total. The van der Waals surface area contributed by atoms with Crippen LogP contribution in [0.25, 0.3) is 39.6 Å². The second-order valence-electron chi connectivity index (χ2n) is 7.12. The van der Waals surface area contributed by atoms with Crippen LogP contribution in [0.3, 0.4) is 0 Å². The molecule has 31 heavy (non-hydrogen) atoms. The van der Waals surface area contributed by atoms with E-state index in [-0.39, 0.29) is 4.90 Å². The van der Waals surface area contributed by atoms with Crippen molar-refractivity contribution in [3.63, 3.8) is 0 Å². The van der Waals surface area contributed by atoms with E-state index in [0.29, 0.717) is 16.4 Å². The Bertz CT molecular complexity index is 1540. The van der Waals surface area contributed by atoms with Crippen molar-refractivity contribution in [3.05, 3.63) is 96.1 Å². The van der Waals surface area contributed by atoms with Gasteiger partial charge in [-0.3, -0.25) is 4.55 Å². The van der Waals surface area contributed by atoms with Gasteiger partial charge in [0.2, 0.25) is 0 Å². The fourth-order valence-corrected chi connectivity index (χ4v) is 3.95. The fourth-order valence-electron chi connectivity index (χ4n) is 3.44. The Labute approximate surface area is 178 Å². The highest BCUT2D eigenvalue weighted by molar-refractivity contribution is 7.85. The molecule has 0 fully saturated rings. The maximum atomic E-state index is 11.4. The van der Waals surface area contributed by atoms with Crippen molar-refractivity contribution in [2.24, 2.45) is 0 Å². The zero-order chi connectivity index (χ0) is 21.4. The highest BCUT2D eigenvalue weighted by Gasteiger charge is 2.13. The van der Waals surface area contributed by atoms with E-state index in [2.05, 4.69) is 16.3 Å². The smallest absolute Gasteiger partial charge is 0.282 e. The normalized spacial score (nSPS) is 12.2. The highest BCUT2D eigenvalue weighted by Crippen LogP contribution is 2.26. The lowest BCUT2D eigenvalue weighted by Crippen LogP contribution is -1.98. The van der Waals surface area contributed by atoms with Gasteiger partial charge < -0.3 is 0 Å². The Kier molecular flexibility index (Phi) is 4.62. The van der Waals surface area contributed by atoms with Crippen LogP contribution < -0.4 is 0 Å². The Morgan fingerprint density at radius 3 is 2.19 bits per heavy atom. The summed E-state index contributed by atoms with van der Waals surface area (Å²) >= 11 is 0. The fraction of sp³-hybridized carbons (Fsp3) is 0. The van der Waals surface area contributed by atoms with Gasteiger partial charge in [0.25, 0.3) is 10.1 Å². The zero-order valence-corrected chi connectivity index (χ0v) is 17.1. The van der Waals surface area contributed by atoms with Crippen LogP contribution in [0.2, 0.25) is 0 Å². The lowest BCUT2D eigenvalue weighted by Gasteiger charge is -2.01. The summed E-state index contributed by atoms with van der Waals surface area (Å²) in [7, 11) is -4.26. The molecule has 0 spiro atoms. The number of fused-ring (bicyclic) bond motifs is 3. The van der Waals surface area contributed by atoms with Crippen LogP contribution in [-0.2, 0) is 10.1 Å². The molecule has 0 aliphatic rings. The largest absolute Gasteiger partial charge is 0.294 e. The SMILES string of the molecule is O=S(=O)(O)c1ccc2c(ccc3nn(-c4ccc(/C=C/c5ccccc5)cc4)nc32)c1. The van der Waals surface area contributed by atoms with Crippen molar-refractivity contribution in [1.29, 1.82) is 0 Å². The van der Waals surface area contributed by atoms with Crippen LogP contribution >= 0.6 is 0 Å². The molecule has 7 heteroatoms. The van der Waals surface area contributed by atoms with Crippen molar-refractivity contribution in [2.45, 2.75) is 4.90 Å². The quantitative estimate of drug-likeness (QED) is 0.323. The molecule has 6 nitrogen and oxygen atoms in total. The van der Waals surface area contributed by atoms with E-state index in [4.69, 9.17) is 0 Å². The van der Waals surface area contributed by atoms with Crippen LogP contribution in [0, 0.1) is 0 Å². The molecule has 0 bridgehead atoms. The van der Waals surface area contributed by atoms with Gasteiger partial charge in [-0.15, -0.1) is 10.2 Å². The molecular formula is C24H17N3O3S. The zero-order valence-electron chi connectivity index (χ0n) is 16.3. The Morgan fingerprint density at radius 2 is 1.48 bits per heavy atom. The molecule has 1 aromatic heterocycles. The first-order valence-electron chi connectivity index (χ1n) is 9.58. The van der Waals surface area contributed by atoms with Crippen LogP contribution in [0.4, 0.5) is 0 Å². The summed E-state index contributed by atoms with van der Waals surface area (Å²) in [6.45, 7) is 0. The van der Waals surface area contributed by atoms with Crippen molar-refractivity contribution in [1.82, 2.24) is 15.0 Å². The minimum atomic E-state index is -4.26. The molecule has 5 aromatic rings. The van der Waals surface area contributed by atoms with E-state index >= 15 is 0 Å². The van der Waals surface area contributed by atoms with Crippen LogP contribution in [0.15, 0.2) is 89.8 Å². The summed E-state index contributed by atoms with van der Waals surface area (Å²) in [6, 6.07) is 26.0. The van der Waals surface area contributed by atoms with Crippen LogP contribution in [-0.4, -0.2) is 28.0 Å². The number of rotatable bonds is 4. The minimum Gasteiger partial charge on any atom is -0.282 e. The molecule has 1 heterocycles. The van der Waals surface area contributed by atoms with E-state index in [1.54, 1.807) is 23.0 Å². The molecule has 0 aliphatic carbocycles. The molecule has 152 valence electrons. The van der Waals surface area contributed by atoms with E-state index < -0.39 is 10.1 Å². The summed E-state index contributed by atoms with van der Waals surface area (Å²) in [5.41, 5.74) is 4.37. The molecule has 5 rings (SSSR count). The van der Waals surface area contributed by atoms with Crippen molar-refractivity contribution >= 4 is 44.1 Å². The molecule has 0 atom stereocenters. The topological polar surface area (TPSA) is 85.1 Å². The van der Waals surface area contributed by atoms with Gasteiger partial charge in [0.1, 0.15) is 11.0 Å². The predicted octanol–water partition coefficient (Wildman–Crippen LogP) is 4.99. The van der Waals surface area contributed by atoms with Crippen LogP contribution in [0.5, 0.6) is 0 Å². The Morgan fingerprint density at radius 1 is 0.774 bits per heavy atom. The summed E-state index contributed by atoms with van der Waals surface area (Å²) in [5.74, 6) is 0. The first-order chi connectivity index (χ1) is 15.0. The third kappa shape index (κ3) is 3.84. The number of hydrogen-bond donors (Lipinski definition) is 1. The molecule has 0 saturated carbocycles. The van der Waals surface area contributed by atoms with E-state index in [0.717, 1.165) is 22.2 Å². The maximum absolute atomic E-state index is 11.4. The predicted molar refractivity (Wildman–Crippen MR) is 122 cm³/mol. The second-order valence-corrected chi connectivity index (χ2v) is 8.54. The van der Waals surface area contributed by atoms with Gasteiger partial charge in [0.05, 0.1) is 10.6 Å². The summed E-state index contributed by atoms with van der Waals surface area (Å²) < 4.78 is 32.1. The molecular weight excluding hydrogens is 410 g/mol. The molecule has 0 amide bonds. The lowest BCUT2D eigenvalue weighted by molar-refractivity contribution is 0.483. The monoisotopic (exact) mass is 427 g/mol. The summed E-state index contributed by atoms with van der Waals surface area (Å²) in [5, 5.41) is 10.6. The standard InChI is InChI=1S/C24H17N3O3S/c28-31(29,30)21-13-14-22-19(16-21)10-15-23-24(22)26-27(25-23)20-11-8-18(9-12-20)7-6-17-4-2-1-3-5-17/h1-16H,(H,28,29,30)/b7-6+. The Hall–Kier alpha value is -3.81. The number of benzene rings is 4. The van der Waals surface area contributed by atoms with Gasteiger partial charge in [0.15, 0.2) is 0 Å². The van der Waals surface area contributed by atoms with Gasteiger partial charge in [-0.1, -0.05) is 66.7 Å². The summed E-state index contributed by atoms with van der Waals surface area (Å²) in [4.78, 5) is 1.41. The van der Waals surface area contributed by atoms with Crippen molar-refractivity contribution in [2.75, 3.05) is 0 Å². The van der Waals surface area contributed by atoms with Crippen molar-refractivity contribution < 1.29 is 13.0 Å². The number of aromatic nitrogens is 3. The first kappa shape index (κ1) is 19.2. The lowest BCUT2D eigenvalue weighted by atomic mass is 10.1. The van der Waals surface area contributed by atoms with Crippen LogP contribution in [0.1, 0.15) is 11.1 Å². The van der Waals surface area contributed by atoms with Crippen molar-refractivity contribution in [3.8, 4) is 5.69 Å². The van der Waals surface area contributed by atoms with Gasteiger partial charge >= 0.3 is 0 Å². The second kappa shape index (κ2) is 7.46. The number of nitrogens with zero attached hydrogens (tertiary/aromatic N) is 3. The van der Waals surface area contributed by atoms with Gasteiger partial charge in [-0.05, 0) is 46.8 Å². The molecule has 4 aromatic carbocycles. The third-order valence-electron chi connectivity index (χ3n) is 5.03. The molecule has 0 radical (unpaired) electrons. The first-order valence-corrected chi connectivity index (χ1v) is 11.0. The molecule has 0 saturated heterocycles. The van der Waals surface area contributed by atoms with Gasteiger partial charge in [-0.2, -0.15) is 13.2 Å². The number of hydrogen-bond acceptors (Lipinski definition) is 4. The van der Waals surface area contributed by atoms with E-state index in [1.165, 1.54) is 12.1 Å². The minimum absolute atomic E-state index is 0.147. The van der Waals surface area contributed by atoms with Gasteiger partial charge in [0, 0.05) is 5.39 Å². The van der Waals surface area contributed by atoms with E-state index in [9.17, 15) is 13.0 Å². The Balaban J connectivity index is 1.48.